The van der Waals surface area contributed by atoms with Crippen LogP contribution in [0, 0.1) is 0 Å². The van der Waals surface area contributed by atoms with Crippen molar-refractivity contribution in [3.63, 3.8) is 0 Å². The standard InChI is InChI=1S/C55H33N5OS/c1-4-16-34(17-5-1)37-22-12-24-39(32-37)49-51-50(42-26-10-11-31-46(42)62-51)57-54(56-49)40-25-13-23-38(33-40)41-27-14-29-44-47(41)48-43(28-15-30-45(48)61-44)55-59-52(35-18-6-2-7-19-35)58-53(60-55)36-20-8-3-9-21-36/h1-33H. The van der Waals surface area contributed by atoms with Crippen LogP contribution >= 0.6 is 11.3 Å². The quantitative estimate of drug-likeness (QED) is 0.160. The van der Waals surface area contributed by atoms with Crippen molar-refractivity contribution in [1.29, 1.82) is 0 Å². The molecule has 8 aromatic carbocycles. The van der Waals surface area contributed by atoms with Crippen molar-refractivity contribution in [2.45, 2.75) is 0 Å². The summed E-state index contributed by atoms with van der Waals surface area (Å²) >= 11 is 1.74. The molecule has 0 radical (unpaired) electrons. The van der Waals surface area contributed by atoms with E-state index in [2.05, 4.69) is 109 Å². The predicted octanol–water partition coefficient (Wildman–Crippen LogP) is 14.6. The van der Waals surface area contributed by atoms with E-state index in [1.54, 1.807) is 11.3 Å². The summed E-state index contributed by atoms with van der Waals surface area (Å²) in [5.41, 5.74) is 12.4. The Morgan fingerprint density at radius 2 is 0.839 bits per heavy atom. The van der Waals surface area contributed by atoms with Crippen LogP contribution < -0.4 is 0 Å². The molecule has 7 heteroatoms. The Morgan fingerprint density at radius 1 is 0.339 bits per heavy atom. The second kappa shape index (κ2) is 14.9. The number of hydrogen-bond donors (Lipinski definition) is 0. The van der Waals surface area contributed by atoms with Gasteiger partial charge in [0.1, 0.15) is 11.2 Å². The maximum Gasteiger partial charge on any atom is 0.164 e. The third-order valence-electron chi connectivity index (χ3n) is 11.4. The zero-order chi connectivity index (χ0) is 41.0. The van der Waals surface area contributed by atoms with E-state index in [0.717, 1.165) is 93.3 Å². The van der Waals surface area contributed by atoms with Crippen LogP contribution in [-0.2, 0) is 0 Å². The molecule has 4 aromatic heterocycles. The van der Waals surface area contributed by atoms with Crippen molar-refractivity contribution >= 4 is 53.6 Å². The van der Waals surface area contributed by atoms with E-state index in [1.165, 1.54) is 4.70 Å². The lowest BCUT2D eigenvalue weighted by Crippen LogP contribution is -2.00. The minimum absolute atomic E-state index is 0.572. The number of thiophene rings is 1. The number of aromatic nitrogens is 5. The minimum atomic E-state index is 0.572. The Bertz CT molecular complexity index is 3580. The third-order valence-corrected chi connectivity index (χ3v) is 12.5. The van der Waals surface area contributed by atoms with Gasteiger partial charge in [-0.2, -0.15) is 0 Å². The van der Waals surface area contributed by atoms with Gasteiger partial charge < -0.3 is 4.42 Å². The number of hydrogen-bond acceptors (Lipinski definition) is 7. The second-order valence-electron chi connectivity index (χ2n) is 15.2. The van der Waals surface area contributed by atoms with Crippen LogP contribution in [0.25, 0.3) is 121 Å². The highest BCUT2D eigenvalue weighted by molar-refractivity contribution is 7.26. The molecule has 290 valence electrons. The van der Waals surface area contributed by atoms with E-state index in [-0.39, 0.29) is 0 Å². The molecule has 4 heterocycles. The molecular weight excluding hydrogens is 779 g/mol. The van der Waals surface area contributed by atoms with Gasteiger partial charge in [0.15, 0.2) is 23.3 Å². The third kappa shape index (κ3) is 6.22. The lowest BCUT2D eigenvalue weighted by molar-refractivity contribution is 0.669. The van der Waals surface area contributed by atoms with Crippen molar-refractivity contribution in [3.8, 4) is 79.1 Å². The first kappa shape index (κ1) is 35.8. The fraction of sp³-hybridized carbons (Fsp3) is 0. The summed E-state index contributed by atoms with van der Waals surface area (Å²) in [5, 5.41) is 3.05. The molecular formula is C55H33N5OS. The topological polar surface area (TPSA) is 77.6 Å². The van der Waals surface area contributed by atoms with Crippen molar-refractivity contribution in [2.24, 2.45) is 0 Å². The Balaban J connectivity index is 1.04. The monoisotopic (exact) mass is 811 g/mol. The second-order valence-corrected chi connectivity index (χ2v) is 16.2. The number of furan rings is 1. The van der Waals surface area contributed by atoms with Gasteiger partial charge in [-0.1, -0.05) is 170 Å². The van der Waals surface area contributed by atoms with Gasteiger partial charge in [-0.3, -0.25) is 0 Å². The first-order chi connectivity index (χ1) is 30.7. The van der Waals surface area contributed by atoms with E-state index in [4.69, 9.17) is 29.3 Å². The predicted molar refractivity (Wildman–Crippen MR) is 254 cm³/mol. The number of benzene rings is 8. The molecule has 0 amide bonds. The van der Waals surface area contributed by atoms with Gasteiger partial charge in [0, 0.05) is 48.7 Å². The molecule has 0 spiro atoms. The van der Waals surface area contributed by atoms with Crippen LogP contribution in [-0.4, -0.2) is 24.9 Å². The molecule has 6 nitrogen and oxygen atoms in total. The average molecular weight is 812 g/mol. The van der Waals surface area contributed by atoms with Gasteiger partial charge in [0.2, 0.25) is 0 Å². The molecule has 0 N–H and O–H groups in total. The van der Waals surface area contributed by atoms with Gasteiger partial charge in [-0.05, 0) is 52.6 Å². The van der Waals surface area contributed by atoms with Gasteiger partial charge in [-0.15, -0.1) is 11.3 Å². The molecule has 62 heavy (non-hydrogen) atoms. The lowest BCUT2D eigenvalue weighted by Gasteiger charge is -2.11. The molecule has 0 unspecified atom stereocenters. The molecule has 0 bridgehead atoms. The lowest BCUT2D eigenvalue weighted by atomic mass is 9.95. The van der Waals surface area contributed by atoms with E-state index in [9.17, 15) is 0 Å². The summed E-state index contributed by atoms with van der Waals surface area (Å²) in [6.07, 6.45) is 0. The van der Waals surface area contributed by atoms with Crippen LogP contribution in [0.2, 0.25) is 0 Å². The first-order valence-electron chi connectivity index (χ1n) is 20.5. The number of rotatable bonds is 7. The molecule has 0 fully saturated rings. The summed E-state index contributed by atoms with van der Waals surface area (Å²) < 4.78 is 8.87. The number of fused-ring (bicyclic) bond motifs is 6. The SMILES string of the molecule is c1ccc(-c2cccc(-c3nc(-c4cccc(-c5cccc6oc7cccc(-c8nc(-c9ccccc9)nc(-c9ccccc9)n8)c7c56)c4)nc4c3sc3ccccc34)c2)cc1. The number of nitrogens with zero attached hydrogens (tertiary/aromatic N) is 5. The van der Waals surface area contributed by atoms with Crippen LogP contribution in [0.5, 0.6) is 0 Å². The zero-order valence-corrected chi connectivity index (χ0v) is 33.9. The molecule has 0 aliphatic carbocycles. The highest BCUT2D eigenvalue weighted by Crippen LogP contribution is 2.43. The molecule has 12 rings (SSSR count). The van der Waals surface area contributed by atoms with Crippen LogP contribution in [0.3, 0.4) is 0 Å². The van der Waals surface area contributed by atoms with Gasteiger partial charge in [0.05, 0.1) is 15.9 Å². The van der Waals surface area contributed by atoms with Gasteiger partial charge in [-0.25, -0.2) is 24.9 Å². The summed E-state index contributed by atoms with van der Waals surface area (Å²) in [7, 11) is 0. The minimum Gasteiger partial charge on any atom is -0.456 e. The Morgan fingerprint density at radius 3 is 1.55 bits per heavy atom. The zero-order valence-electron chi connectivity index (χ0n) is 33.1. The van der Waals surface area contributed by atoms with E-state index in [0.29, 0.717) is 23.3 Å². The molecule has 0 aliphatic rings. The Kier molecular flexibility index (Phi) is 8.57. The highest BCUT2D eigenvalue weighted by Gasteiger charge is 2.22. The smallest absolute Gasteiger partial charge is 0.164 e. The molecule has 0 saturated carbocycles. The van der Waals surface area contributed by atoms with E-state index < -0.39 is 0 Å². The average Bonchev–Trinajstić information content (AvgIpc) is 3.93. The van der Waals surface area contributed by atoms with Crippen LogP contribution in [0.15, 0.2) is 205 Å². The summed E-state index contributed by atoms with van der Waals surface area (Å²) in [5.74, 6) is 2.45. The van der Waals surface area contributed by atoms with Crippen molar-refractivity contribution in [2.75, 3.05) is 0 Å². The van der Waals surface area contributed by atoms with E-state index >= 15 is 0 Å². The molecule has 0 atom stereocenters. The molecule has 0 saturated heterocycles. The maximum absolute atomic E-state index is 6.61. The maximum atomic E-state index is 6.61. The largest absolute Gasteiger partial charge is 0.456 e. The first-order valence-corrected chi connectivity index (χ1v) is 21.3. The van der Waals surface area contributed by atoms with Crippen molar-refractivity contribution < 1.29 is 4.42 Å². The summed E-state index contributed by atoms with van der Waals surface area (Å²) in [6, 6.07) is 68.6. The van der Waals surface area contributed by atoms with Crippen molar-refractivity contribution in [1.82, 2.24) is 24.9 Å². The molecule has 12 aromatic rings. The molecule has 0 aliphatic heterocycles. The van der Waals surface area contributed by atoms with Gasteiger partial charge >= 0.3 is 0 Å². The summed E-state index contributed by atoms with van der Waals surface area (Å²) in [4.78, 5) is 25.9. The Labute approximate surface area is 360 Å². The van der Waals surface area contributed by atoms with Crippen LogP contribution in [0.1, 0.15) is 0 Å². The van der Waals surface area contributed by atoms with E-state index in [1.807, 2.05) is 91.0 Å². The highest BCUT2D eigenvalue weighted by atomic mass is 32.1. The van der Waals surface area contributed by atoms with Crippen molar-refractivity contribution in [3.05, 3.63) is 200 Å². The van der Waals surface area contributed by atoms with Gasteiger partial charge in [0.25, 0.3) is 0 Å². The Hall–Kier alpha value is -8.13. The van der Waals surface area contributed by atoms with Crippen LogP contribution in [0.4, 0.5) is 0 Å². The fourth-order valence-electron chi connectivity index (χ4n) is 8.44. The normalized spacial score (nSPS) is 11.5. The summed E-state index contributed by atoms with van der Waals surface area (Å²) in [6.45, 7) is 0. The fourth-order valence-corrected chi connectivity index (χ4v) is 9.59.